The van der Waals surface area contributed by atoms with Gasteiger partial charge in [0.1, 0.15) is 12.6 Å². The summed E-state index contributed by atoms with van der Waals surface area (Å²) in [6.07, 6.45) is 0. The number of nitrogens with one attached hydrogen (secondary N) is 1. The Bertz CT molecular complexity index is 423. The molecule has 0 radical (unpaired) electrons. The second-order valence-corrected chi connectivity index (χ2v) is 4.41. The summed E-state index contributed by atoms with van der Waals surface area (Å²) >= 11 is 5.64. The van der Waals surface area contributed by atoms with Gasteiger partial charge in [-0.15, -0.1) is 11.6 Å². The van der Waals surface area contributed by atoms with Crippen LogP contribution in [-0.2, 0) is 20.9 Å². The van der Waals surface area contributed by atoms with Gasteiger partial charge in [-0.25, -0.2) is 4.79 Å². The van der Waals surface area contributed by atoms with Crippen LogP contribution in [0, 0.1) is 0 Å². The molecule has 1 rings (SSSR count). The first-order chi connectivity index (χ1) is 9.04. The fraction of sp³-hybridized carbons (Fsp3) is 0.385. The first kappa shape index (κ1) is 15.5. The van der Waals surface area contributed by atoms with Crippen LogP contribution in [0.15, 0.2) is 30.3 Å². The Kier molecular flexibility index (Phi) is 6.32. The van der Waals surface area contributed by atoms with Gasteiger partial charge in [0.05, 0.1) is 11.9 Å². The number of hydrogen-bond acceptors (Lipinski definition) is 4. The van der Waals surface area contributed by atoms with E-state index in [1.807, 2.05) is 30.3 Å². The summed E-state index contributed by atoms with van der Waals surface area (Å²) in [5.74, 6) is -1.08. The lowest BCUT2D eigenvalue weighted by atomic mass is 10.2. The van der Waals surface area contributed by atoms with Gasteiger partial charge in [-0.3, -0.25) is 4.79 Å². The van der Waals surface area contributed by atoms with Gasteiger partial charge in [-0.2, -0.15) is 0 Å². The molecule has 0 fully saturated rings. The van der Waals surface area contributed by atoms with Crippen molar-refractivity contribution >= 4 is 23.5 Å². The third-order valence-electron chi connectivity index (χ3n) is 2.39. The Labute approximate surface area is 117 Å². The number of esters is 1. The molecule has 0 heterocycles. The van der Waals surface area contributed by atoms with E-state index >= 15 is 0 Å². The van der Waals surface area contributed by atoms with Gasteiger partial charge in [0, 0.05) is 0 Å². The van der Waals surface area contributed by atoms with Crippen LogP contribution in [0.3, 0.4) is 0 Å². The van der Waals surface area contributed by atoms with Crippen molar-refractivity contribution in [2.45, 2.75) is 25.6 Å². The molecular weight excluding hydrogens is 268 g/mol. The highest BCUT2D eigenvalue weighted by atomic mass is 35.5. The molecule has 0 spiro atoms. The summed E-state index contributed by atoms with van der Waals surface area (Å²) in [6.45, 7) is 1.66. The fourth-order valence-electron chi connectivity index (χ4n) is 1.29. The molecular formula is C13H17ClN2O3. The monoisotopic (exact) mass is 284 g/mol. The Balaban J connectivity index is 2.48. The number of nitrogens with two attached hydrogens (primary N) is 1. The van der Waals surface area contributed by atoms with Crippen LogP contribution in [0.25, 0.3) is 0 Å². The molecule has 0 saturated carbocycles. The number of hydrogen-bond donors (Lipinski definition) is 2. The quantitative estimate of drug-likeness (QED) is 0.598. The standard InChI is InChI=1S/C13H17ClN2O3/c1-9(15)12(17)16-11(7-14)13(18)19-8-10-5-3-2-4-6-10/h2-6,9,11H,7-8,15H2,1H3,(H,16,17)/t9-,11-/m0/s1. The number of amides is 1. The molecule has 2 atom stereocenters. The summed E-state index contributed by atoms with van der Waals surface area (Å²) in [5.41, 5.74) is 6.26. The van der Waals surface area contributed by atoms with Crippen LogP contribution in [0.5, 0.6) is 0 Å². The maximum absolute atomic E-state index is 11.7. The van der Waals surface area contributed by atoms with E-state index in [4.69, 9.17) is 22.1 Å². The van der Waals surface area contributed by atoms with Gasteiger partial charge >= 0.3 is 5.97 Å². The van der Waals surface area contributed by atoms with Crippen LogP contribution in [-0.4, -0.2) is 29.8 Å². The molecule has 19 heavy (non-hydrogen) atoms. The summed E-state index contributed by atoms with van der Waals surface area (Å²) in [6, 6.07) is 7.65. The molecule has 5 nitrogen and oxygen atoms in total. The maximum Gasteiger partial charge on any atom is 0.330 e. The van der Waals surface area contributed by atoms with Crippen molar-refractivity contribution in [3.05, 3.63) is 35.9 Å². The number of ether oxygens (including phenoxy) is 1. The van der Waals surface area contributed by atoms with Crippen LogP contribution in [0.4, 0.5) is 0 Å². The molecule has 0 aliphatic rings. The van der Waals surface area contributed by atoms with Gasteiger partial charge in [0.2, 0.25) is 5.91 Å². The van der Waals surface area contributed by atoms with Crippen molar-refractivity contribution in [1.82, 2.24) is 5.32 Å². The molecule has 0 unspecified atom stereocenters. The van der Waals surface area contributed by atoms with E-state index in [1.54, 1.807) is 0 Å². The minimum Gasteiger partial charge on any atom is -0.459 e. The first-order valence-electron chi connectivity index (χ1n) is 5.87. The van der Waals surface area contributed by atoms with Crippen molar-refractivity contribution in [2.24, 2.45) is 5.73 Å². The highest BCUT2D eigenvalue weighted by Crippen LogP contribution is 2.03. The number of benzene rings is 1. The van der Waals surface area contributed by atoms with E-state index in [0.29, 0.717) is 0 Å². The molecule has 0 aromatic heterocycles. The Morgan fingerprint density at radius 3 is 2.53 bits per heavy atom. The normalized spacial score (nSPS) is 13.4. The lowest BCUT2D eigenvalue weighted by Gasteiger charge is -2.16. The topological polar surface area (TPSA) is 81.4 Å². The maximum atomic E-state index is 11.7. The van der Waals surface area contributed by atoms with Crippen molar-refractivity contribution in [2.75, 3.05) is 5.88 Å². The predicted octanol–water partition coefficient (Wildman–Crippen LogP) is 0.801. The van der Waals surface area contributed by atoms with E-state index in [9.17, 15) is 9.59 Å². The van der Waals surface area contributed by atoms with Crippen molar-refractivity contribution in [1.29, 1.82) is 0 Å². The van der Waals surface area contributed by atoms with Crippen LogP contribution in [0.1, 0.15) is 12.5 Å². The molecule has 3 N–H and O–H groups in total. The molecule has 104 valence electrons. The number of halogens is 1. The fourth-order valence-corrected chi connectivity index (χ4v) is 1.50. The lowest BCUT2D eigenvalue weighted by molar-refractivity contribution is -0.148. The molecule has 1 aromatic carbocycles. The number of carbonyl (C=O) groups is 2. The third kappa shape index (κ3) is 5.28. The van der Waals surface area contributed by atoms with Crippen molar-refractivity contribution < 1.29 is 14.3 Å². The number of carbonyl (C=O) groups excluding carboxylic acids is 2. The smallest absolute Gasteiger partial charge is 0.330 e. The van der Waals surface area contributed by atoms with Gasteiger partial charge in [-0.05, 0) is 12.5 Å². The van der Waals surface area contributed by atoms with Crippen LogP contribution < -0.4 is 11.1 Å². The summed E-state index contributed by atoms with van der Waals surface area (Å²) < 4.78 is 5.08. The van der Waals surface area contributed by atoms with Gasteiger partial charge < -0.3 is 15.8 Å². The zero-order valence-corrected chi connectivity index (χ0v) is 11.4. The van der Waals surface area contributed by atoms with Gasteiger partial charge in [0.25, 0.3) is 0 Å². The summed E-state index contributed by atoms with van der Waals surface area (Å²) in [7, 11) is 0. The average Bonchev–Trinajstić information content (AvgIpc) is 2.42. The zero-order chi connectivity index (χ0) is 14.3. The van der Waals surface area contributed by atoms with Gasteiger partial charge in [0.15, 0.2) is 0 Å². The average molecular weight is 285 g/mol. The second-order valence-electron chi connectivity index (χ2n) is 4.10. The van der Waals surface area contributed by atoms with Crippen molar-refractivity contribution in [3.8, 4) is 0 Å². The van der Waals surface area contributed by atoms with Crippen LogP contribution in [0.2, 0.25) is 0 Å². The van der Waals surface area contributed by atoms with E-state index < -0.39 is 24.0 Å². The molecule has 1 aromatic rings. The molecule has 6 heteroatoms. The lowest BCUT2D eigenvalue weighted by Crippen LogP contribution is -2.48. The van der Waals surface area contributed by atoms with Gasteiger partial charge in [-0.1, -0.05) is 30.3 Å². The molecule has 0 aliphatic carbocycles. The SMILES string of the molecule is C[C@H](N)C(=O)N[C@@H](CCl)C(=O)OCc1ccccc1. The molecule has 1 amide bonds. The van der Waals surface area contributed by atoms with E-state index in [2.05, 4.69) is 5.32 Å². The largest absolute Gasteiger partial charge is 0.459 e. The van der Waals surface area contributed by atoms with Crippen molar-refractivity contribution in [3.63, 3.8) is 0 Å². The minimum atomic E-state index is -0.885. The Hall–Kier alpha value is -1.59. The molecule has 0 bridgehead atoms. The Morgan fingerprint density at radius 2 is 2.00 bits per heavy atom. The number of alkyl halides is 1. The van der Waals surface area contributed by atoms with E-state index in [1.165, 1.54) is 6.92 Å². The second kappa shape index (κ2) is 7.76. The molecule has 0 saturated heterocycles. The highest BCUT2D eigenvalue weighted by Gasteiger charge is 2.22. The highest BCUT2D eigenvalue weighted by molar-refractivity contribution is 6.20. The Morgan fingerprint density at radius 1 is 1.37 bits per heavy atom. The predicted molar refractivity (Wildman–Crippen MR) is 72.5 cm³/mol. The van der Waals surface area contributed by atoms with Crippen LogP contribution >= 0.6 is 11.6 Å². The zero-order valence-electron chi connectivity index (χ0n) is 10.6. The summed E-state index contributed by atoms with van der Waals surface area (Å²) in [4.78, 5) is 23.1. The van der Waals surface area contributed by atoms with E-state index in [0.717, 1.165) is 5.56 Å². The number of rotatable bonds is 6. The molecule has 0 aliphatic heterocycles. The first-order valence-corrected chi connectivity index (χ1v) is 6.40. The van der Waals surface area contributed by atoms with E-state index in [-0.39, 0.29) is 12.5 Å². The third-order valence-corrected chi connectivity index (χ3v) is 2.70. The summed E-state index contributed by atoms with van der Waals surface area (Å²) in [5, 5.41) is 2.43. The minimum absolute atomic E-state index is 0.0634.